The predicted octanol–water partition coefficient (Wildman–Crippen LogP) is 8.05. The first-order valence-electron chi connectivity index (χ1n) is 21.0. The fraction of sp³-hybridized carbons (Fsp3) is 0.364. The van der Waals surface area contributed by atoms with Gasteiger partial charge in [0.1, 0.15) is 34.4 Å². The third-order valence-electron chi connectivity index (χ3n) is 11.7. The molecule has 3 unspecified atom stereocenters. The van der Waals surface area contributed by atoms with Gasteiger partial charge in [-0.3, -0.25) is 24.7 Å². The summed E-state index contributed by atoms with van der Waals surface area (Å²) in [6.07, 6.45) is -1.82. The lowest BCUT2D eigenvalue weighted by atomic mass is 9.99. The van der Waals surface area contributed by atoms with Gasteiger partial charge in [0.2, 0.25) is 10.0 Å². The van der Waals surface area contributed by atoms with Crippen molar-refractivity contribution in [3.8, 4) is 0 Å². The molecule has 23 heteroatoms. The van der Waals surface area contributed by atoms with Crippen molar-refractivity contribution in [3.63, 3.8) is 0 Å². The molecule has 0 saturated carbocycles. The number of nitrogens with two attached hydrogens (primary N) is 1. The average molecular weight is 1010 g/mol. The van der Waals surface area contributed by atoms with Gasteiger partial charge < -0.3 is 5.73 Å². The second kappa shape index (κ2) is 20.2. The van der Waals surface area contributed by atoms with Crippen LogP contribution in [0.15, 0.2) is 123 Å². The first kappa shape index (κ1) is 49.7. The zero-order chi connectivity index (χ0) is 48.3. The van der Waals surface area contributed by atoms with Gasteiger partial charge in [-0.05, 0) is 60.2 Å². The van der Waals surface area contributed by atoms with Crippen molar-refractivity contribution in [1.82, 2.24) is 13.3 Å². The Balaban J connectivity index is 0.000000199. The Morgan fingerprint density at radius 2 is 1.21 bits per heavy atom. The topological polar surface area (TPSA) is 169 Å². The minimum atomic E-state index is -4.31. The molecule has 2 fully saturated rings. The van der Waals surface area contributed by atoms with Gasteiger partial charge in [-0.25, -0.2) is 34.7 Å². The van der Waals surface area contributed by atoms with E-state index < -0.39 is 74.9 Å². The third kappa shape index (κ3) is 11.2. The molecule has 4 aliphatic heterocycles. The highest BCUT2D eigenvalue weighted by Gasteiger charge is 2.52. The van der Waals surface area contributed by atoms with Crippen LogP contribution < -0.4 is 20.5 Å². The number of rotatable bonds is 10. The van der Waals surface area contributed by atoms with Crippen LogP contribution in [0.5, 0.6) is 0 Å². The third-order valence-corrected chi connectivity index (χ3v) is 15.9. The number of alkyl halides is 4. The lowest BCUT2D eigenvalue weighted by molar-refractivity contribution is -0.0419. The molecule has 8 rings (SSSR count). The molecular formula is C44H47Cl2F5N10O4S2. The molecule has 3 atom stereocenters. The van der Waals surface area contributed by atoms with Crippen LogP contribution in [0.3, 0.4) is 0 Å². The van der Waals surface area contributed by atoms with Gasteiger partial charge >= 0.3 is 10.2 Å². The number of hydrogen-bond donors (Lipinski definition) is 2. The van der Waals surface area contributed by atoms with Crippen LogP contribution in [-0.2, 0) is 20.2 Å². The van der Waals surface area contributed by atoms with Gasteiger partial charge in [-0.15, -0.1) is 0 Å². The van der Waals surface area contributed by atoms with Crippen molar-refractivity contribution < 1.29 is 38.8 Å². The van der Waals surface area contributed by atoms with Crippen LogP contribution in [0.2, 0.25) is 10.0 Å². The zero-order valence-corrected chi connectivity index (χ0v) is 39.3. The summed E-state index contributed by atoms with van der Waals surface area (Å²) in [4.78, 5) is 8.04. The normalized spacial score (nSPS) is 22.7. The van der Waals surface area contributed by atoms with Crippen LogP contribution in [0.4, 0.5) is 33.3 Å². The van der Waals surface area contributed by atoms with E-state index in [9.17, 15) is 34.4 Å². The molecule has 4 aromatic carbocycles. The Morgan fingerprint density at radius 1 is 0.701 bits per heavy atom. The maximum atomic E-state index is 15.0. The highest BCUT2D eigenvalue weighted by Crippen LogP contribution is 2.42. The molecule has 4 heterocycles. The summed E-state index contributed by atoms with van der Waals surface area (Å²) in [6, 6.07) is 27.8. The van der Waals surface area contributed by atoms with Crippen molar-refractivity contribution in [2.24, 2.45) is 25.9 Å². The molecule has 67 heavy (non-hydrogen) atoms. The molecule has 2 saturated heterocycles. The van der Waals surface area contributed by atoms with Crippen molar-refractivity contribution in [1.29, 1.82) is 0 Å². The van der Waals surface area contributed by atoms with Crippen molar-refractivity contribution in [2.45, 2.75) is 61.3 Å². The molecule has 0 aromatic heterocycles. The van der Waals surface area contributed by atoms with Crippen molar-refractivity contribution >= 4 is 77.9 Å². The number of piperidine rings is 2. The van der Waals surface area contributed by atoms with Gasteiger partial charge in [0.15, 0.2) is 5.84 Å². The van der Waals surface area contributed by atoms with Gasteiger partial charge in [0, 0.05) is 88.0 Å². The summed E-state index contributed by atoms with van der Waals surface area (Å²) >= 11 is 12.0. The van der Waals surface area contributed by atoms with Crippen LogP contribution in [0.25, 0.3) is 0 Å². The number of amidine groups is 2. The lowest BCUT2D eigenvalue weighted by Gasteiger charge is -2.35. The Hall–Kier alpha value is -5.19. The number of benzene rings is 4. The van der Waals surface area contributed by atoms with Gasteiger partial charge in [-0.1, -0.05) is 71.7 Å². The Morgan fingerprint density at radius 3 is 1.73 bits per heavy atom. The van der Waals surface area contributed by atoms with E-state index in [1.165, 1.54) is 37.3 Å². The summed E-state index contributed by atoms with van der Waals surface area (Å²) in [5, 5.41) is 11.9. The maximum Gasteiger partial charge on any atom is 0.302 e. The monoisotopic (exact) mass is 1010 g/mol. The standard InChI is InChI=1S/C22H23ClF3N5O2S.C22H24ClF2N5O2S/c1-28-21(27)18-20(34(32,33)30-12-10-22(25,26)11-13-30)19(16-4-2-3-5-17(16)24)31(29-18)15-8-6-14(23)7-9-15;1-26-21(28-33(31,32)29-13-11-22(24,25)12-14-29)19-15-20(16-5-3-2-4-6-16)30(27-19)18-9-7-17(23)8-10-18/h2-9,19-20H,10-13H2,1H3,(H2,27,28);2-10,20H,11-15H2,1H3,(H,26,28). The molecule has 4 aliphatic rings. The lowest BCUT2D eigenvalue weighted by Crippen LogP contribution is -2.51. The van der Waals surface area contributed by atoms with Gasteiger partial charge in [0.05, 0.1) is 17.4 Å². The first-order chi connectivity index (χ1) is 31.7. The van der Waals surface area contributed by atoms with Crippen LogP contribution >= 0.6 is 23.2 Å². The van der Waals surface area contributed by atoms with Crippen LogP contribution in [0, 0.1) is 5.82 Å². The largest absolute Gasteiger partial charge is 0.382 e. The molecule has 0 amide bonds. The molecule has 3 N–H and O–H groups in total. The summed E-state index contributed by atoms with van der Waals surface area (Å²) in [6.45, 7) is -1.24. The number of nitrogens with zero attached hydrogens (tertiary/aromatic N) is 8. The Labute approximate surface area is 395 Å². The van der Waals surface area contributed by atoms with E-state index in [0.717, 1.165) is 19.9 Å². The highest BCUT2D eigenvalue weighted by molar-refractivity contribution is 7.90. The number of sulfonamides is 1. The molecule has 0 bridgehead atoms. The van der Waals surface area contributed by atoms with Crippen molar-refractivity contribution in [2.75, 3.05) is 50.3 Å². The van der Waals surface area contributed by atoms with Crippen LogP contribution in [-0.4, -0.2) is 106 Å². The Bertz CT molecular complexity index is 2750. The zero-order valence-electron chi connectivity index (χ0n) is 36.2. The smallest absolute Gasteiger partial charge is 0.302 e. The Kier molecular flexibility index (Phi) is 15.0. The maximum absolute atomic E-state index is 15.0. The van der Waals surface area contributed by atoms with E-state index in [4.69, 9.17) is 28.9 Å². The molecule has 0 radical (unpaired) electrons. The second-order valence-corrected chi connectivity index (χ2v) is 20.6. The minimum absolute atomic E-state index is 0.0658. The summed E-state index contributed by atoms with van der Waals surface area (Å²) in [5.41, 5.74) is 8.73. The predicted molar refractivity (Wildman–Crippen MR) is 253 cm³/mol. The van der Waals surface area contributed by atoms with Crippen LogP contribution in [0.1, 0.15) is 55.3 Å². The fourth-order valence-corrected chi connectivity index (χ4v) is 11.6. The summed E-state index contributed by atoms with van der Waals surface area (Å²) in [5.74, 6) is -6.48. The average Bonchev–Trinajstić information content (AvgIpc) is 3.93. The van der Waals surface area contributed by atoms with E-state index >= 15 is 4.39 Å². The van der Waals surface area contributed by atoms with E-state index in [1.54, 1.807) is 42.5 Å². The number of halogens is 7. The number of anilines is 2. The summed E-state index contributed by atoms with van der Waals surface area (Å²) in [7, 11) is -5.51. The quantitative estimate of drug-likeness (QED) is 0.0921. The molecule has 14 nitrogen and oxygen atoms in total. The van der Waals surface area contributed by atoms with Gasteiger partial charge in [-0.2, -0.15) is 22.9 Å². The van der Waals surface area contributed by atoms with Crippen molar-refractivity contribution in [3.05, 3.63) is 130 Å². The fourth-order valence-electron chi connectivity index (χ4n) is 8.07. The molecule has 358 valence electrons. The molecule has 0 spiro atoms. The summed E-state index contributed by atoms with van der Waals surface area (Å²) < 4.78 is 127. The first-order valence-corrected chi connectivity index (χ1v) is 24.7. The molecule has 4 aromatic rings. The van der Waals surface area contributed by atoms with Gasteiger partial charge in [0.25, 0.3) is 11.8 Å². The number of nitrogens with one attached hydrogen (secondary N) is 1. The number of aliphatic imine (C=N–C) groups is 2. The van der Waals surface area contributed by atoms with E-state index in [1.807, 2.05) is 47.5 Å². The van der Waals surface area contributed by atoms with E-state index in [-0.39, 0.29) is 55.2 Å². The minimum Gasteiger partial charge on any atom is -0.382 e. The number of hydrazone groups is 2. The second-order valence-electron chi connectivity index (χ2n) is 16.0. The highest BCUT2D eigenvalue weighted by atomic mass is 35.5. The molecular weight excluding hydrogens is 963 g/mol. The number of hydrogen-bond acceptors (Lipinski definition) is 10. The van der Waals surface area contributed by atoms with E-state index in [0.29, 0.717) is 27.9 Å². The van der Waals surface area contributed by atoms with E-state index in [2.05, 4.69) is 24.9 Å². The molecule has 0 aliphatic carbocycles. The SMILES string of the molecule is CN=C(N)C1=NN(c2ccc(Cl)cc2)C(c2ccccc2F)C1S(=O)(=O)N1CCC(F)(F)CC1.CN=C(NS(=O)(=O)N1CCC(F)(F)CC1)C1=NN(c2ccc(Cl)cc2)C(c2ccccc2)C1.